The van der Waals surface area contributed by atoms with Gasteiger partial charge in [-0.15, -0.1) is 12.4 Å². The van der Waals surface area contributed by atoms with Gasteiger partial charge in [0.05, 0.1) is 17.5 Å². The number of alkyl halides is 3. The van der Waals surface area contributed by atoms with Gasteiger partial charge in [-0.1, -0.05) is 60.7 Å². The summed E-state index contributed by atoms with van der Waals surface area (Å²) < 4.78 is 46.1. The van der Waals surface area contributed by atoms with E-state index in [1.807, 2.05) is 6.07 Å². The van der Waals surface area contributed by atoms with Gasteiger partial charge in [0.1, 0.15) is 12.4 Å². The second-order valence-electron chi connectivity index (χ2n) is 7.84. The Morgan fingerprint density at radius 3 is 2.28 bits per heavy atom. The first-order valence-corrected chi connectivity index (χ1v) is 10.7. The SMILES string of the molecule is Cl.O=C(O)Cc1c(NCc2cccc(C(F)(F)F)c2)n(C(=O)OCc2ccccc2)c2ccccc12. The smallest absolute Gasteiger partial charge is 0.420 e. The van der Waals surface area contributed by atoms with Crippen molar-refractivity contribution in [2.45, 2.75) is 25.7 Å². The molecule has 4 rings (SSSR count). The lowest BCUT2D eigenvalue weighted by molar-refractivity contribution is -0.138. The second kappa shape index (κ2) is 11.2. The summed E-state index contributed by atoms with van der Waals surface area (Å²) in [5.74, 6) is -0.961. The van der Waals surface area contributed by atoms with Gasteiger partial charge in [-0.3, -0.25) is 4.79 Å². The van der Waals surface area contributed by atoms with Crippen LogP contribution in [-0.4, -0.2) is 21.7 Å². The summed E-state index contributed by atoms with van der Waals surface area (Å²) in [6.45, 7) is -0.0770. The van der Waals surface area contributed by atoms with Crippen LogP contribution in [0, 0.1) is 0 Å². The highest BCUT2D eigenvalue weighted by Crippen LogP contribution is 2.33. The lowest BCUT2D eigenvalue weighted by Crippen LogP contribution is -2.18. The highest BCUT2D eigenvalue weighted by atomic mass is 35.5. The molecule has 0 amide bonds. The summed E-state index contributed by atoms with van der Waals surface area (Å²) in [6, 6.07) is 20.6. The minimum absolute atomic E-state index is 0. The molecule has 0 spiro atoms. The number of benzene rings is 3. The summed E-state index contributed by atoms with van der Waals surface area (Å²) in [5.41, 5.74) is 1.03. The number of hydrogen-bond acceptors (Lipinski definition) is 4. The van der Waals surface area contributed by atoms with Gasteiger partial charge in [-0.2, -0.15) is 13.2 Å². The van der Waals surface area contributed by atoms with Crippen LogP contribution in [0.3, 0.4) is 0 Å². The quantitative estimate of drug-likeness (QED) is 0.292. The molecule has 0 saturated carbocycles. The van der Waals surface area contributed by atoms with E-state index in [9.17, 15) is 27.9 Å². The Kier molecular flexibility index (Phi) is 8.26. The number of para-hydroxylation sites is 1. The fourth-order valence-corrected chi connectivity index (χ4v) is 3.84. The lowest BCUT2D eigenvalue weighted by atomic mass is 10.1. The second-order valence-corrected chi connectivity index (χ2v) is 7.84. The number of carboxylic acid groups (broad SMARTS) is 1. The molecule has 1 heterocycles. The summed E-state index contributed by atoms with van der Waals surface area (Å²) in [5, 5.41) is 13.0. The number of fused-ring (bicyclic) bond motifs is 1. The van der Waals surface area contributed by atoms with Crippen LogP contribution in [0.25, 0.3) is 10.9 Å². The van der Waals surface area contributed by atoms with E-state index < -0.39 is 30.2 Å². The van der Waals surface area contributed by atoms with Crippen LogP contribution >= 0.6 is 12.4 Å². The average Bonchev–Trinajstić information content (AvgIpc) is 3.14. The van der Waals surface area contributed by atoms with E-state index in [1.165, 1.54) is 16.7 Å². The van der Waals surface area contributed by atoms with Crippen molar-refractivity contribution < 1.29 is 32.6 Å². The number of hydrogen-bond donors (Lipinski definition) is 2. The average molecular weight is 519 g/mol. The number of aliphatic carboxylic acids is 1. The third kappa shape index (κ3) is 5.98. The molecule has 0 fully saturated rings. The van der Waals surface area contributed by atoms with Crippen molar-refractivity contribution in [3.63, 3.8) is 0 Å². The highest BCUT2D eigenvalue weighted by Gasteiger charge is 2.30. The van der Waals surface area contributed by atoms with E-state index >= 15 is 0 Å². The van der Waals surface area contributed by atoms with Crippen molar-refractivity contribution in [2.75, 3.05) is 5.32 Å². The van der Waals surface area contributed by atoms with Crippen LogP contribution < -0.4 is 5.32 Å². The van der Waals surface area contributed by atoms with E-state index in [4.69, 9.17) is 4.74 Å². The van der Waals surface area contributed by atoms with Gasteiger partial charge in [0.25, 0.3) is 0 Å². The van der Waals surface area contributed by atoms with E-state index in [2.05, 4.69) is 5.32 Å². The number of carbonyl (C=O) groups excluding carboxylic acids is 1. The zero-order valence-corrected chi connectivity index (χ0v) is 19.6. The fraction of sp³-hybridized carbons (Fsp3) is 0.154. The fourth-order valence-electron chi connectivity index (χ4n) is 3.84. The Balaban J connectivity index is 0.00000361. The summed E-state index contributed by atoms with van der Waals surface area (Å²) in [6.07, 6.45) is -5.64. The molecule has 4 aromatic rings. The molecule has 1 aromatic heterocycles. The summed E-state index contributed by atoms with van der Waals surface area (Å²) >= 11 is 0. The van der Waals surface area contributed by atoms with Crippen LogP contribution in [0.2, 0.25) is 0 Å². The van der Waals surface area contributed by atoms with E-state index in [0.717, 1.165) is 17.7 Å². The minimum Gasteiger partial charge on any atom is -0.481 e. The monoisotopic (exact) mass is 518 g/mol. The largest absolute Gasteiger partial charge is 0.481 e. The molecule has 0 saturated heterocycles. The Morgan fingerprint density at radius 2 is 1.58 bits per heavy atom. The van der Waals surface area contributed by atoms with Crippen molar-refractivity contribution in [1.82, 2.24) is 4.57 Å². The van der Waals surface area contributed by atoms with Crippen molar-refractivity contribution in [3.8, 4) is 0 Å². The van der Waals surface area contributed by atoms with E-state index in [1.54, 1.807) is 48.5 Å². The Bertz CT molecular complexity index is 1370. The standard InChI is InChI=1S/C26H21F3N2O4.ClH/c27-26(28,29)19-10-6-9-18(13-19)15-30-24-21(14-23(32)33)20-11-4-5-12-22(20)31(24)25(34)35-16-17-7-2-1-3-8-17;/h1-13,30H,14-16H2,(H,32,33);1H. The predicted octanol–water partition coefficient (Wildman–Crippen LogP) is 6.51. The maximum Gasteiger partial charge on any atom is 0.420 e. The number of rotatable bonds is 7. The van der Waals surface area contributed by atoms with Gasteiger partial charge in [0.15, 0.2) is 0 Å². The number of anilines is 1. The van der Waals surface area contributed by atoms with Gasteiger partial charge in [0.2, 0.25) is 0 Å². The van der Waals surface area contributed by atoms with Gasteiger partial charge >= 0.3 is 18.2 Å². The van der Waals surface area contributed by atoms with Gasteiger partial charge in [0, 0.05) is 17.5 Å². The van der Waals surface area contributed by atoms with Crippen LogP contribution in [0.1, 0.15) is 22.3 Å². The van der Waals surface area contributed by atoms with E-state index in [-0.39, 0.29) is 31.4 Å². The third-order valence-electron chi connectivity index (χ3n) is 5.41. The summed E-state index contributed by atoms with van der Waals surface area (Å²) in [7, 11) is 0. The van der Waals surface area contributed by atoms with E-state index in [0.29, 0.717) is 22.0 Å². The topological polar surface area (TPSA) is 80.6 Å². The van der Waals surface area contributed by atoms with Crippen molar-refractivity contribution >= 4 is 41.2 Å². The first kappa shape index (κ1) is 26.6. The number of carboxylic acids is 1. The summed E-state index contributed by atoms with van der Waals surface area (Å²) in [4.78, 5) is 24.8. The van der Waals surface area contributed by atoms with Crippen LogP contribution in [0.5, 0.6) is 0 Å². The molecular formula is C26H22ClF3N2O4. The maximum atomic E-state index is 13.2. The number of nitrogens with zero attached hydrogens (tertiary/aromatic N) is 1. The molecule has 3 aromatic carbocycles. The molecule has 2 N–H and O–H groups in total. The normalized spacial score (nSPS) is 11.1. The molecule has 0 unspecified atom stereocenters. The number of carbonyl (C=O) groups is 2. The molecule has 36 heavy (non-hydrogen) atoms. The highest BCUT2D eigenvalue weighted by molar-refractivity contribution is 5.99. The molecule has 10 heteroatoms. The van der Waals surface area contributed by atoms with Gasteiger partial charge in [-0.05, 0) is 29.3 Å². The molecule has 0 aliphatic heterocycles. The zero-order chi connectivity index (χ0) is 25.0. The molecule has 0 atom stereocenters. The Morgan fingerprint density at radius 1 is 0.917 bits per heavy atom. The van der Waals surface area contributed by atoms with Crippen LogP contribution in [-0.2, 0) is 35.3 Å². The first-order chi connectivity index (χ1) is 16.7. The molecular weight excluding hydrogens is 497 g/mol. The Hall–Kier alpha value is -3.98. The minimum atomic E-state index is -4.50. The number of nitrogens with one attached hydrogen (secondary N) is 1. The van der Waals surface area contributed by atoms with Crippen molar-refractivity contribution in [2.24, 2.45) is 0 Å². The van der Waals surface area contributed by atoms with Crippen molar-refractivity contribution in [1.29, 1.82) is 0 Å². The van der Waals surface area contributed by atoms with Gasteiger partial charge < -0.3 is 15.2 Å². The van der Waals surface area contributed by atoms with Crippen molar-refractivity contribution in [3.05, 3.63) is 101 Å². The Labute approximate surface area is 210 Å². The van der Waals surface area contributed by atoms with Gasteiger partial charge in [-0.25, -0.2) is 9.36 Å². The number of ether oxygens (including phenoxy) is 1. The van der Waals surface area contributed by atoms with Crippen LogP contribution in [0.15, 0.2) is 78.9 Å². The molecule has 0 aliphatic carbocycles. The molecule has 0 aliphatic rings. The first-order valence-electron chi connectivity index (χ1n) is 10.7. The molecule has 0 bridgehead atoms. The zero-order valence-electron chi connectivity index (χ0n) is 18.8. The third-order valence-corrected chi connectivity index (χ3v) is 5.41. The number of halogens is 4. The molecule has 6 nitrogen and oxygen atoms in total. The lowest BCUT2D eigenvalue weighted by Gasteiger charge is -2.14. The predicted molar refractivity (Wildman–Crippen MR) is 131 cm³/mol. The van der Waals surface area contributed by atoms with Crippen LogP contribution in [0.4, 0.5) is 23.8 Å². The number of aromatic nitrogens is 1. The molecule has 188 valence electrons. The molecule has 0 radical (unpaired) electrons. The maximum absolute atomic E-state index is 13.2.